The Kier molecular flexibility index (Phi) is 45.7. The number of hydrogen-bond donors (Lipinski definition) is 14. The van der Waals surface area contributed by atoms with Crippen LogP contribution in [0.1, 0.15) is 216 Å². The molecule has 0 aromatic heterocycles. The van der Waals surface area contributed by atoms with E-state index in [-0.39, 0.29) is 178 Å². The summed E-state index contributed by atoms with van der Waals surface area (Å²) < 4.78 is 81.3. The molecule has 0 radical (unpaired) electrons. The number of phenols is 1. The van der Waals surface area contributed by atoms with E-state index < -0.39 is 116 Å². The van der Waals surface area contributed by atoms with Crippen molar-refractivity contribution in [1.29, 1.82) is 5.53 Å². The van der Waals surface area contributed by atoms with Gasteiger partial charge >= 0.3 is 0 Å². The van der Waals surface area contributed by atoms with Crippen LogP contribution >= 0.6 is 0 Å². The van der Waals surface area contributed by atoms with Crippen LogP contribution in [0.3, 0.4) is 0 Å². The van der Waals surface area contributed by atoms with Crippen LogP contribution < -0.4 is 58.1 Å². The van der Waals surface area contributed by atoms with E-state index in [1.165, 1.54) is 12.5 Å². The minimum atomic E-state index is -4.16. The van der Waals surface area contributed by atoms with Crippen molar-refractivity contribution in [3.8, 4) is 17.6 Å². The number of benzene rings is 4. The van der Waals surface area contributed by atoms with Gasteiger partial charge in [-0.3, -0.25) is 62.6 Å². The number of carbonyl (C=O) groups is 11. The van der Waals surface area contributed by atoms with Gasteiger partial charge in [-0.1, -0.05) is 122 Å². The van der Waals surface area contributed by atoms with Crippen LogP contribution in [0.25, 0.3) is 0 Å². The molecule has 143 heavy (non-hydrogen) atoms. The number of carbonyl (C=O) groups excluding carboxylic acids is 11. The number of aliphatic hydroxyl groups excluding tert-OH is 1. The van der Waals surface area contributed by atoms with Crippen molar-refractivity contribution < 1.29 is 119 Å². The van der Waals surface area contributed by atoms with Crippen LogP contribution in [0.15, 0.2) is 101 Å². The summed E-state index contributed by atoms with van der Waals surface area (Å²) in [4.78, 5) is 154. The van der Waals surface area contributed by atoms with Gasteiger partial charge in [0.05, 0.1) is 141 Å². The molecule has 5 aliphatic carbocycles. The van der Waals surface area contributed by atoms with E-state index in [2.05, 4.69) is 84.0 Å². The third-order valence-corrected chi connectivity index (χ3v) is 29.0. The lowest BCUT2D eigenvalue weighted by atomic mass is 9.49. The molecule has 0 saturated heterocycles. The zero-order valence-corrected chi connectivity index (χ0v) is 84.7. The first kappa shape index (κ1) is 114. The number of aliphatic hydroxyl groups is 1. The Balaban J connectivity index is 0.654. The number of rotatable bonds is 59. The third-order valence-electron chi connectivity index (χ3n) is 28.2. The number of nitrogens with zero attached hydrogens (tertiary/aromatic N) is 2. The van der Waals surface area contributed by atoms with Crippen molar-refractivity contribution in [2.75, 3.05) is 161 Å². The Labute approximate surface area is 839 Å². The van der Waals surface area contributed by atoms with Gasteiger partial charge in [0.25, 0.3) is 10.1 Å². The predicted molar refractivity (Wildman–Crippen MR) is 531 cm³/mol. The zero-order chi connectivity index (χ0) is 103. The maximum Gasteiger partial charge on any atom is 0.266 e. The molecule has 11 amide bonds. The SMILES string of the molecule is CC(C)[C@H](NC(=O)[C@@H](CCCCNC(=O)COC1CCCCC/C(NCCOCCOCCOCCOCCC(=O)NCCS(=O)(=O)O)=C\1N=N)NC(=O)CCOCCOCCOCCOCCNC(=O)CCC(=O)N1Cc2ccccc2C#Cc2ccccc21)C(=O)N[C@@H](C)C(=O)N[C@@H](CO)C(=O)Nc1ccc2c(c1)[C@@]1(C)CCC[C@](C)(C(=O)NC(=O)[C@@]3(C)CCC[C@]4(C)c5cc(O)ccc5CC[C@@H]34)[C@@H]1CC2. The Morgan fingerprint density at radius 3 is 1.66 bits per heavy atom. The average molecular weight is 2010 g/mol. The van der Waals surface area contributed by atoms with E-state index in [1.54, 1.807) is 30.9 Å². The summed E-state index contributed by atoms with van der Waals surface area (Å²) in [5.41, 5.74) is 14.5. The second kappa shape index (κ2) is 57.2. The fraction of sp³-hybridized carbons (Fsp3) is 0.625. The van der Waals surface area contributed by atoms with E-state index in [9.17, 15) is 71.4 Å². The first-order valence-electron chi connectivity index (χ1n) is 50.4. The molecule has 10 rings (SSSR count). The number of aryl methyl sites for hydroxylation is 2. The van der Waals surface area contributed by atoms with Gasteiger partial charge in [0.15, 0.2) is 0 Å². The highest BCUT2D eigenvalue weighted by molar-refractivity contribution is 7.85. The molecule has 6 aliphatic rings. The third kappa shape index (κ3) is 34.2. The number of allylic oxidation sites excluding steroid dienone is 1. The molecule has 2 saturated carbocycles. The highest BCUT2D eigenvalue weighted by atomic mass is 32.2. The molecular weight excluding hydrogens is 1860 g/mol. The molecule has 39 heteroatoms. The Hall–Kier alpha value is -10.7. The Morgan fingerprint density at radius 1 is 0.510 bits per heavy atom. The van der Waals surface area contributed by atoms with Crippen molar-refractivity contribution in [1.82, 2.24) is 47.9 Å². The fourth-order valence-corrected chi connectivity index (χ4v) is 20.8. The second-order valence-electron chi connectivity index (χ2n) is 38.8. The van der Waals surface area contributed by atoms with Gasteiger partial charge in [-0.15, -0.1) is 0 Å². The number of phenolic OH excluding ortho intramolecular Hbond substituents is 1. The number of anilines is 2. The van der Waals surface area contributed by atoms with Crippen LogP contribution in [-0.2, 0) is 136 Å². The number of ether oxygens (including phenoxy) is 9. The molecule has 4 aromatic carbocycles. The quantitative estimate of drug-likeness (QED) is 0.00667. The maximum atomic E-state index is 15.0. The summed E-state index contributed by atoms with van der Waals surface area (Å²) in [5.74, 6) is -0.245. The largest absolute Gasteiger partial charge is 0.508 e. The molecule has 1 heterocycles. The van der Waals surface area contributed by atoms with Crippen LogP contribution in [-0.4, -0.2) is 269 Å². The lowest BCUT2D eigenvalue weighted by Gasteiger charge is -2.56. The Morgan fingerprint density at radius 2 is 1.06 bits per heavy atom. The van der Waals surface area contributed by atoms with Crippen LogP contribution in [0, 0.1) is 46.0 Å². The van der Waals surface area contributed by atoms with Crippen molar-refractivity contribution in [3.05, 3.63) is 135 Å². The number of unbranched alkanes of at least 4 members (excludes halogenated alkanes) is 1. The van der Waals surface area contributed by atoms with Crippen LogP contribution in [0.2, 0.25) is 0 Å². The van der Waals surface area contributed by atoms with Gasteiger partial charge in [-0.25, -0.2) is 5.53 Å². The summed E-state index contributed by atoms with van der Waals surface area (Å²) in [6, 6.07) is 21.0. The number of nitrogens with one attached hydrogen (secondary N) is 11. The zero-order valence-electron chi connectivity index (χ0n) is 83.9. The Bertz CT molecular complexity index is 5190. The van der Waals surface area contributed by atoms with Gasteiger partial charge in [0, 0.05) is 74.4 Å². The van der Waals surface area contributed by atoms with Crippen molar-refractivity contribution >= 4 is 86.5 Å². The van der Waals surface area contributed by atoms with Gasteiger partial charge < -0.3 is 106 Å². The number of aromatic hydroxyl groups is 1. The summed E-state index contributed by atoms with van der Waals surface area (Å²) >= 11 is 0. The second-order valence-corrected chi connectivity index (χ2v) is 40.4. The monoisotopic (exact) mass is 2010 g/mol. The van der Waals surface area contributed by atoms with E-state index >= 15 is 0 Å². The average Bonchev–Trinajstić information content (AvgIpc) is 0.720. The number of fused-ring (bicyclic) bond motifs is 8. The first-order valence-corrected chi connectivity index (χ1v) is 52.1. The van der Waals surface area contributed by atoms with E-state index in [0.717, 1.165) is 90.4 Å². The van der Waals surface area contributed by atoms with Crippen molar-refractivity contribution in [2.45, 2.75) is 237 Å². The van der Waals surface area contributed by atoms with E-state index in [0.29, 0.717) is 121 Å². The van der Waals surface area contributed by atoms with E-state index in [1.807, 2.05) is 86.6 Å². The van der Waals surface area contributed by atoms with Crippen molar-refractivity contribution in [2.24, 2.45) is 33.7 Å². The minimum Gasteiger partial charge on any atom is -0.508 e. The molecule has 11 atom stereocenters. The molecule has 1 unspecified atom stereocenters. The molecule has 14 N–H and O–H groups in total. The molecule has 2 fully saturated rings. The van der Waals surface area contributed by atoms with Gasteiger partial charge in [-0.2, -0.15) is 13.5 Å². The normalized spacial score (nSPS) is 21.4. The fourth-order valence-electron chi connectivity index (χ4n) is 20.5. The first-order chi connectivity index (χ1) is 68.7. The summed E-state index contributed by atoms with van der Waals surface area (Å²) in [7, 11) is -4.16. The molecule has 38 nitrogen and oxygen atoms in total. The van der Waals surface area contributed by atoms with Crippen LogP contribution in [0.5, 0.6) is 5.75 Å². The topological polar surface area (TPSA) is 525 Å². The molecule has 0 bridgehead atoms. The highest BCUT2D eigenvalue weighted by Gasteiger charge is 2.59. The highest BCUT2D eigenvalue weighted by Crippen LogP contribution is 2.60. The van der Waals surface area contributed by atoms with Gasteiger partial charge in [0.1, 0.15) is 48.3 Å². The lowest BCUT2D eigenvalue weighted by Crippen LogP contribution is -2.60. The van der Waals surface area contributed by atoms with Gasteiger partial charge in [-0.05, 0) is 196 Å². The standard InChI is InChI=1S/C104H149N13O25S/c1-70(2)93(98(128)110-71(3)95(125)113-83(68-118)97(127)111-77-32-28-73-30-34-86-101(4,79(73)65-77)40-17-42-103(86,6)99(129)115-100(130)104(7)43-18-41-102(5)80-66-78(119)33-29-74(80)31-35-87(102)104)114-96(126)82(112-90(122)39-49-135-53-57-139-61-63-141-59-55-137-51-46-108-88(120)36-37-92(124)117-67-76-21-12-11-19-72(76)26-27-75-20-13-14-24-84(75)117)23-15-16-44-107-91(123)69-142-85-25-10-8-9-22-81(94(85)116-105)106-45-50-136-54-58-140-62-60-138-56-52-134-48-38-89(121)109-47-64-143(131,132)133/h11-14,19-21,24,28-29,32-33,65-66,70-71,82-83,85-87,93,105-106,118-119H,8-10,15-18,22-23,25,30-31,34-64,67-69H2,1-7H3,(H,107,123)(H,108,120)(H,109,121)(H,110,128)(H,111,127)(H,112,122)(H,113,125)(H,114,126)(H,115,129,130)(H,131,132,133)/b94-81-,116-105?/t71-,82+,83-,85?,86+,87+,93-,101+,102+,103-,104-/m0/s1. The maximum absolute atomic E-state index is 15.0. The minimum absolute atomic E-state index is 0.00147. The smallest absolute Gasteiger partial charge is 0.266 e. The lowest BCUT2D eigenvalue weighted by molar-refractivity contribution is -0.150. The summed E-state index contributed by atoms with van der Waals surface area (Å²) in [6.45, 7) is 16.5. The molecule has 786 valence electrons. The number of imide groups is 1. The summed E-state index contributed by atoms with van der Waals surface area (Å²) in [6.07, 6.45) is 10.8. The molecule has 1 aliphatic heterocycles. The predicted octanol–water partition coefficient (Wildman–Crippen LogP) is 7.53. The molecular formula is C104H149N13O25S. The molecule has 4 aromatic rings. The van der Waals surface area contributed by atoms with Crippen LogP contribution in [0.4, 0.5) is 11.4 Å². The number of para-hydroxylation sites is 1. The van der Waals surface area contributed by atoms with E-state index in [4.69, 9.17) is 52.7 Å². The summed E-state index contributed by atoms with van der Waals surface area (Å²) in [5, 5.41) is 53.1. The van der Waals surface area contributed by atoms with Crippen molar-refractivity contribution in [3.63, 3.8) is 0 Å². The number of amides is 11. The number of hydrogen-bond acceptors (Lipinski definition) is 27. The molecule has 0 spiro atoms. The van der Waals surface area contributed by atoms with Gasteiger partial charge in [0.2, 0.25) is 65.0 Å².